The van der Waals surface area contributed by atoms with E-state index in [-0.39, 0.29) is 24.5 Å². The fraction of sp³-hybridized carbons (Fsp3) is 0.633. The Kier molecular flexibility index (Phi) is 11.7. The van der Waals surface area contributed by atoms with Gasteiger partial charge in [-0.25, -0.2) is 24.5 Å². The molecule has 12 heteroatoms. The normalized spacial score (nSPS) is 19.1. The Balaban J connectivity index is 1.30. The summed E-state index contributed by atoms with van der Waals surface area (Å²) in [5, 5.41) is 16.1. The summed E-state index contributed by atoms with van der Waals surface area (Å²) >= 11 is 0. The molecule has 0 bridgehead atoms. The van der Waals surface area contributed by atoms with E-state index in [1.54, 1.807) is 17.3 Å². The molecular formula is C30H45N7O5. The number of rotatable bonds is 14. The number of amides is 2. The van der Waals surface area contributed by atoms with E-state index in [0.29, 0.717) is 44.5 Å². The van der Waals surface area contributed by atoms with Crippen LogP contribution >= 0.6 is 0 Å². The SMILES string of the molecule is Cc1ncc(OCCN(CCCCc2ccc3c(n2)NCCC3)CC[C@H](NC(=O)N2[C@H](C)COC[C@@H]2C)C(=O)O)cn1. The van der Waals surface area contributed by atoms with Crippen LogP contribution in [0.25, 0.3) is 0 Å². The highest BCUT2D eigenvalue weighted by Crippen LogP contribution is 2.20. The predicted octanol–water partition coefficient (Wildman–Crippen LogP) is 2.90. The van der Waals surface area contributed by atoms with Crippen molar-refractivity contribution in [1.29, 1.82) is 0 Å². The number of urea groups is 1. The Bertz CT molecular complexity index is 1160. The molecule has 4 rings (SSSR count). The summed E-state index contributed by atoms with van der Waals surface area (Å²) in [6, 6.07) is 2.69. The van der Waals surface area contributed by atoms with Gasteiger partial charge in [0.2, 0.25) is 0 Å². The molecule has 2 aliphatic heterocycles. The van der Waals surface area contributed by atoms with Gasteiger partial charge in [-0.2, -0.15) is 0 Å². The minimum atomic E-state index is -1.04. The van der Waals surface area contributed by atoms with Crippen molar-refractivity contribution in [3.05, 3.63) is 41.6 Å². The summed E-state index contributed by atoms with van der Waals surface area (Å²) in [4.78, 5) is 42.1. The van der Waals surface area contributed by atoms with Crippen LogP contribution in [0.15, 0.2) is 24.5 Å². The van der Waals surface area contributed by atoms with Crippen molar-refractivity contribution in [2.24, 2.45) is 0 Å². The van der Waals surface area contributed by atoms with E-state index < -0.39 is 12.0 Å². The lowest BCUT2D eigenvalue weighted by Crippen LogP contribution is -2.58. The number of unbranched alkanes of at least 4 members (excludes halogenated alkanes) is 1. The van der Waals surface area contributed by atoms with Crippen molar-refractivity contribution in [3.63, 3.8) is 0 Å². The molecule has 0 saturated carbocycles. The molecule has 230 valence electrons. The first-order chi connectivity index (χ1) is 20.3. The largest absolute Gasteiger partial charge is 0.489 e. The van der Waals surface area contributed by atoms with Gasteiger partial charge in [0, 0.05) is 25.3 Å². The molecule has 0 unspecified atom stereocenters. The van der Waals surface area contributed by atoms with E-state index in [1.807, 2.05) is 20.8 Å². The van der Waals surface area contributed by atoms with E-state index >= 15 is 0 Å². The molecule has 0 aromatic carbocycles. The molecular weight excluding hydrogens is 538 g/mol. The third kappa shape index (κ3) is 9.25. The van der Waals surface area contributed by atoms with E-state index in [0.717, 1.165) is 56.7 Å². The third-order valence-corrected chi connectivity index (χ3v) is 7.77. The van der Waals surface area contributed by atoms with Gasteiger partial charge in [-0.05, 0) is 77.5 Å². The average molecular weight is 584 g/mol. The molecule has 3 N–H and O–H groups in total. The Morgan fingerprint density at radius 1 is 1.17 bits per heavy atom. The van der Waals surface area contributed by atoms with Crippen LogP contribution in [0.4, 0.5) is 10.6 Å². The molecule has 2 aromatic heterocycles. The fourth-order valence-electron chi connectivity index (χ4n) is 5.43. The van der Waals surface area contributed by atoms with Crippen molar-refractivity contribution in [2.75, 3.05) is 51.3 Å². The van der Waals surface area contributed by atoms with Crippen LogP contribution in [0.5, 0.6) is 5.75 Å². The predicted molar refractivity (Wildman–Crippen MR) is 159 cm³/mol. The number of carboxylic acids is 1. The molecule has 2 aliphatic rings. The number of hydrogen-bond acceptors (Lipinski definition) is 9. The zero-order chi connectivity index (χ0) is 29.9. The minimum absolute atomic E-state index is 0.122. The van der Waals surface area contributed by atoms with E-state index in [2.05, 4.69) is 37.6 Å². The van der Waals surface area contributed by atoms with Gasteiger partial charge in [0.05, 0.1) is 37.7 Å². The molecule has 0 aliphatic carbocycles. The number of pyridine rings is 1. The van der Waals surface area contributed by atoms with Crippen LogP contribution in [0, 0.1) is 6.92 Å². The van der Waals surface area contributed by atoms with E-state index in [1.165, 1.54) is 5.56 Å². The lowest BCUT2D eigenvalue weighted by Gasteiger charge is -2.39. The maximum absolute atomic E-state index is 13.0. The Labute approximate surface area is 248 Å². The zero-order valence-corrected chi connectivity index (χ0v) is 25.1. The molecule has 3 atom stereocenters. The number of nitrogens with zero attached hydrogens (tertiary/aromatic N) is 5. The number of anilines is 1. The van der Waals surface area contributed by atoms with Crippen LogP contribution < -0.4 is 15.4 Å². The van der Waals surface area contributed by atoms with Crippen LogP contribution in [-0.2, 0) is 22.4 Å². The third-order valence-electron chi connectivity index (χ3n) is 7.77. The average Bonchev–Trinajstić information content (AvgIpc) is 2.97. The number of hydrogen-bond donors (Lipinski definition) is 3. The quantitative estimate of drug-likeness (QED) is 0.284. The fourth-order valence-corrected chi connectivity index (χ4v) is 5.43. The monoisotopic (exact) mass is 583 g/mol. The smallest absolute Gasteiger partial charge is 0.326 e. The summed E-state index contributed by atoms with van der Waals surface area (Å²) in [6.07, 6.45) is 8.55. The molecule has 1 fully saturated rings. The van der Waals surface area contributed by atoms with Crippen LogP contribution in [0.3, 0.4) is 0 Å². The first-order valence-corrected chi connectivity index (χ1v) is 15.1. The number of morpholine rings is 1. The highest BCUT2D eigenvalue weighted by atomic mass is 16.5. The Hall–Kier alpha value is -3.51. The second-order valence-corrected chi connectivity index (χ2v) is 11.2. The topological polar surface area (TPSA) is 142 Å². The molecule has 2 amide bonds. The second kappa shape index (κ2) is 15.6. The highest BCUT2D eigenvalue weighted by Gasteiger charge is 2.32. The molecule has 0 radical (unpaired) electrons. The first-order valence-electron chi connectivity index (χ1n) is 15.1. The lowest BCUT2D eigenvalue weighted by molar-refractivity contribution is -0.139. The lowest BCUT2D eigenvalue weighted by atomic mass is 10.1. The van der Waals surface area contributed by atoms with E-state index in [4.69, 9.17) is 14.5 Å². The maximum atomic E-state index is 13.0. The summed E-state index contributed by atoms with van der Waals surface area (Å²) in [5.41, 5.74) is 2.37. The minimum Gasteiger partial charge on any atom is -0.489 e. The molecule has 0 spiro atoms. The molecule has 42 heavy (non-hydrogen) atoms. The number of fused-ring (bicyclic) bond motifs is 1. The van der Waals surface area contributed by atoms with Crippen LogP contribution in [0.2, 0.25) is 0 Å². The summed E-state index contributed by atoms with van der Waals surface area (Å²) in [5.74, 6) is 1.24. The molecule has 2 aromatic rings. The van der Waals surface area contributed by atoms with Crippen molar-refractivity contribution >= 4 is 17.8 Å². The van der Waals surface area contributed by atoms with Crippen molar-refractivity contribution in [2.45, 2.75) is 77.4 Å². The van der Waals surface area contributed by atoms with Gasteiger partial charge < -0.3 is 30.1 Å². The number of nitrogens with one attached hydrogen (secondary N) is 2. The van der Waals surface area contributed by atoms with Gasteiger partial charge in [0.15, 0.2) is 5.75 Å². The Morgan fingerprint density at radius 2 is 1.93 bits per heavy atom. The Morgan fingerprint density at radius 3 is 2.67 bits per heavy atom. The van der Waals surface area contributed by atoms with Crippen molar-refractivity contribution < 1.29 is 24.2 Å². The standard InChI is InChI=1S/C30H45N7O5/c1-21-19-41-20-22(2)37(21)30(40)35-27(29(38)39)11-14-36(15-16-42-26-17-32-23(3)33-18-26)13-5-4-8-25-10-9-24-7-6-12-31-28(24)34-25/h9-10,17-18,21-22,27H,4-8,11-16,19-20H2,1-3H3,(H,31,34)(H,35,40)(H,38,39)/t21-,22+,27-/m0/s1. The number of aryl methyl sites for hydroxylation is 3. The van der Waals surface area contributed by atoms with Gasteiger partial charge in [0.25, 0.3) is 0 Å². The number of aliphatic carboxylic acids is 1. The number of carbonyl (C=O) groups is 2. The maximum Gasteiger partial charge on any atom is 0.326 e. The number of aromatic nitrogens is 3. The van der Waals surface area contributed by atoms with E-state index in [9.17, 15) is 14.7 Å². The highest BCUT2D eigenvalue weighted by molar-refractivity contribution is 5.83. The van der Waals surface area contributed by atoms with Gasteiger partial charge >= 0.3 is 12.0 Å². The second-order valence-electron chi connectivity index (χ2n) is 11.2. The van der Waals surface area contributed by atoms with Crippen molar-refractivity contribution in [3.8, 4) is 5.75 Å². The number of ether oxygens (including phenoxy) is 2. The number of carboxylic acid groups (broad SMARTS) is 1. The van der Waals surface area contributed by atoms with Gasteiger partial charge in [-0.15, -0.1) is 0 Å². The summed E-state index contributed by atoms with van der Waals surface area (Å²) in [7, 11) is 0. The van der Waals surface area contributed by atoms with Gasteiger partial charge in [-0.1, -0.05) is 6.07 Å². The number of carbonyl (C=O) groups excluding carboxylic acids is 1. The summed E-state index contributed by atoms with van der Waals surface area (Å²) in [6.45, 7) is 9.76. The molecule has 4 heterocycles. The van der Waals surface area contributed by atoms with Gasteiger partial charge in [0.1, 0.15) is 24.3 Å². The first kappa shape index (κ1) is 31.4. The molecule has 1 saturated heterocycles. The summed E-state index contributed by atoms with van der Waals surface area (Å²) < 4.78 is 11.4. The van der Waals surface area contributed by atoms with Crippen LogP contribution in [-0.4, -0.2) is 106 Å². The zero-order valence-electron chi connectivity index (χ0n) is 25.1. The van der Waals surface area contributed by atoms with Crippen LogP contribution in [0.1, 0.15) is 56.6 Å². The molecule has 12 nitrogen and oxygen atoms in total. The van der Waals surface area contributed by atoms with Crippen molar-refractivity contribution in [1.82, 2.24) is 30.1 Å². The van der Waals surface area contributed by atoms with Gasteiger partial charge in [-0.3, -0.25) is 4.90 Å².